The van der Waals surface area contributed by atoms with Crippen LogP contribution in [0.2, 0.25) is 0 Å². The Labute approximate surface area is 140 Å². The lowest BCUT2D eigenvalue weighted by atomic mass is 9.94. The van der Waals surface area contributed by atoms with E-state index in [1.54, 1.807) is 0 Å². The van der Waals surface area contributed by atoms with Gasteiger partial charge in [-0.3, -0.25) is 4.90 Å². The number of aromatic nitrogens is 2. The molecule has 3 heterocycles. The molecule has 1 aliphatic carbocycles. The Kier molecular flexibility index (Phi) is 4.72. The molecular weight excluding hydrogens is 286 g/mol. The molecule has 0 aromatic carbocycles. The van der Waals surface area contributed by atoms with Gasteiger partial charge in [-0.25, -0.2) is 4.98 Å². The lowest BCUT2D eigenvalue weighted by Crippen LogP contribution is -2.35. The maximum Gasteiger partial charge on any atom is 0.112 e. The van der Waals surface area contributed by atoms with Gasteiger partial charge in [-0.2, -0.15) is 0 Å². The lowest BCUT2D eigenvalue weighted by Gasteiger charge is -2.31. The van der Waals surface area contributed by atoms with Crippen molar-refractivity contribution in [3.63, 3.8) is 0 Å². The zero-order chi connectivity index (χ0) is 15.6. The number of aryl methyl sites for hydroxylation is 1. The smallest absolute Gasteiger partial charge is 0.112 e. The van der Waals surface area contributed by atoms with Gasteiger partial charge in [0, 0.05) is 56.2 Å². The van der Waals surface area contributed by atoms with E-state index in [1.165, 1.54) is 63.1 Å². The molecule has 4 rings (SSSR count). The van der Waals surface area contributed by atoms with E-state index in [4.69, 9.17) is 9.72 Å². The van der Waals surface area contributed by atoms with Crippen molar-refractivity contribution in [1.82, 2.24) is 14.5 Å². The first-order valence-corrected chi connectivity index (χ1v) is 9.68. The fourth-order valence-corrected chi connectivity index (χ4v) is 4.95. The summed E-state index contributed by atoms with van der Waals surface area (Å²) in [6.07, 6.45) is 12.8. The molecule has 0 radical (unpaired) electrons. The van der Waals surface area contributed by atoms with Gasteiger partial charge in [-0.05, 0) is 39.0 Å². The summed E-state index contributed by atoms with van der Waals surface area (Å²) in [7, 11) is 0. The highest BCUT2D eigenvalue weighted by molar-refractivity contribution is 5.12. The zero-order valence-electron chi connectivity index (χ0n) is 14.5. The third kappa shape index (κ3) is 3.20. The molecule has 3 fully saturated rings. The van der Waals surface area contributed by atoms with Crippen LogP contribution in [0.1, 0.15) is 74.8 Å². The van der Waals surface area contributed by atoms with Crippen LogP contribution in [0.25, 0.3) is 0 Å². The molecule has 1 aromatic heterocycles. The van der Waals surface area contributed by atoms with Crippen molar-refractivity contribution >= 4 is 0 Å². The monoisotopic (exact) mass is 317 g/mol. The van der Waals surface area contributed by atoms with Crippen LogP contribution in [0.3, 0.4) is 0 Å². The fourth-order valence-electron chi connectivity index (χ4n) is 4.95. The molecule has 2 saturated heterocycles. The second-order valence-electron chi connectivity index (χ2n) is 7.74. The molecule has 4 heteroatoms. The third-order valence-electron chi connectivity index (χ3n) is 6.25. The summed E-state index contributed by atoms with van der Waals surface area (Å²) in [6.45, 7) is 6.54. The van der Waals surface area contributed by atoms with Crippen LogP contribution in [-0.2, 0) is 4.74 Å². The quantitative estimate of drug-likeness (QED) is 0.852. The molecule has 1 aromatic rings. The van der Waals surface area contributed by atoms with Crippen molar-refractivity contribution in [1.29, 1.82) is 0 Å². The average molecular weight is 317 g/mol. The van der Waals surface area contributed by atoms with Gasteiger partial charge in [0.15, 0.2) is 0 Å². The minimum atomic E-state index is 0.598. The summed E-state index contributed by atoms with van der Waals surface area (Å²) in [4.78, 5) is 7.59. The number of hydrogen-bond acceptors (Lipinski definition) is 3. The number of ether oxygens (including phenoxy) is 1. The van der Waals surface area contributed by atoms with Gasteiger partial charge < -0.3 is 9.30 Å². The van der Waals surface area contributed by atoms with E-state index in [0.717, 1.165) is 32.1 Å². The van der Waals surface area contributed by atoms with Gasteiger partial charge in [0.1, 0.15) is 5.82 Å². The van der Waals surface area contributed by atoms with Gasteiger partial charge in [-0.1, -0.05) is 19.3 Å². The molecule has 128 valence electrons. The summed E-state index contributed by atoms with van der Waals surface area (Å²) >= 11 is 0. The maximum absolute atomic E-state index is 5.54. The first kappa shape index (κ1) is 15.6. The maximum atomic E-state index is 5.54. The first-order valence-electron chi connectivity index (χ1n) is 9.68. The first-order chi connectivity index (χ1) is 11.3. The van der Waals surface area contributed by atoms with Crippen molar-refractivity contribution in [2.75, 3.05) is 26.3 Å². The molecule has 4 nitrogen and oxygen atoms in total. The summed E-state index contributed by atoms with van der Waals surface area (Å²) in [6, 6.07) is 1.49. The van der Waals surface area contributed by atoms with E-state index in [-0.39, 0.29) is 0 Å². The highest BCUT2D eigenvalue weighted by atomic mass is 16.5. The van der Waals surface area contributed by atoms with Gasteiger partial charge in [0.2, 0.25) is 0 Å². The van der Waals surface area contributed by atoms with E-state index in [1.807, 2.05) is 0 Å². The molecule has 3 aliphatic rings. The molecule has 0 bridgehead atoms. The number of likely N-dealkylation sites (tertiary alicyclic amines) is 1. The fraction of sp³-hybridized carbons (Fsp3) is 0.842. The van der Waals surface area contributed by atoms with Gasteiger partial charge in [0.05, 0.1) is 0 Å². The second kappa shape index (κ2) is 6.94. The summed E-state index contributed by atoms with van der Waals surface area (Å²) < 4.78 is 8.13. The van der Waals surface area contributed by atoms with Crippen LogP contribution in [0.15, 0.2) is 6.20 Å². The predicted octanol–water partition coefficient (Wildman–Crippen LogP) is 3.67. The number of imidazole rings is 1. The average Bonchev–Trinajstić information content (AvgIpc) is 3.23. The third-order valence-corrected chi connectivity index (χ3v) is 6.25. The molecule has 0 N–H and O–H groups in total. The topological polar surface area (TPSA) is 30.3 Å². The van der Waals surface area contributed by atoms with E-state index in [0.29, 0.717) is 12.0 Å². The van der Waals surface area contributed by atoms with Crippen LogP contribution < -0.4 is 0 Å². The molecule has 0 amide bonds. The number of hydrogen-bond donors (Lipinski definition) is 0. The Hall–Kier alpha value is -0.870. The zero-order valence-corrected chi connectivity index (χ0v) is 14.5. The van der Waals surface area contributed by atoms with Crippen LogP contribution in [-0.4, -0.2) is 46.8 Å². The van der Waals surface area contributed by atoms with Crippen molar-refractivity contribution in [2.24, 2.45) is 0 Å². The standard InChI is InChI=1S/C19H31N3O/c1-15-13-20-19(16-8-11-23-12-9-16)22(15)18-7-10-21(14-18)17-5-3-2-4-6-17/h13,16-18H,2-12,14H2,1H3. The van der Waals surface area contributed by atoms with Crippen molar-refractivity contribution in [3.8, 4) is 0 Å². The minimum absolute atomic E-state index is 0.598. The molecular formula is C19H31N3O. The van der Waals surface area contributed by atoms with E-state index < -0.39 is 0 Å². The Morgan fingerprint density at radius 3 is 2.57 bits per heavy atom. The van der Waals surface area contributed by atoms with Crippen LogP contribution >= 0.6 is 0 Å². The minimum Gasteiger partial charge on any atom is -0.381 e. The largest absolute Gasteiger partial charge is 0.381 e. The highest BCUT2D eigenvalue weighted by Gasteiger charge is 2.33. The van der Waals surface area contributed by atoms with Crippen LogP contribution in [0.5, 0.6) is 0 Å². The van der Waals surface area contributed by atoms with E-state index in [2.05, 4.69) is 22.6 Å². The Balaban J connectivity index is 1.48. The van der Waals surface area contributed by atoms with Crippen molar-refractivity contribution in [3.05, 3.63) is 17.7 Å². The molecule has 1 unspecified atom stereocenters. The van der Waals surface area contributed by atoms with Crippen LogP contribution in [0.4, 0.5) is 0 Å². The number of nitrogens with zero attached hydrogens (tertiary/aromatic N) is 3. The summed E-state index contributed by atoms with van der Waals surface area (Å²) in [5.41, 5.74) is 1.35. The lowest BCUT2D eigenvalue weighted by molar-refractivity contribution is 0.0823. The molecule has 0 spiro atoms. The van der Waals surface area contributed by atoms with Gasteiger partial charge in [-0.15, -0.1) is 0 Å². The number of rotatable bonds is 3. The van der Waals surface area contributed by atoms with Crippen molar-refractivity contribution in [2.45, 2.75) is 76.3 Å². The van der Waals surface area contributed by atoms with Crippen molar-refractivity contribution < 1.29 is 4.74 Å². The Bertz CT molecular complexity index is 515. The normalized spacial score (nSPS) is 28.5. The summed E-state index contributed by atoms with van der Waals surface area (Å²) in [5, 5.41) is 0. The highest BCUT2D eigenvalue weighted by Crippen LogP contribution is 2.34. The van der Waals surface area contributed by atoms with E-state index in [9.17, 15) is 0 Å². The predicted molar refractivity (Wildman–Crippen MR) is 91.9 cm³/mol. The molecule has 23 heavy (non-hydrogen) atoms. The van der Waals surface area contributed by atoms with Gasteiger partial charge in [0.25, 0.3) is 0 Å². The molecule has 1 saturated carbocycles. The molecule has 1 atom stereocenters. The molecule has 2 aliphatic heterocycles. The Morgan fingerprint density at radius 1 is 1.00 bits per heavy atom. The second-order valence-corrected chi connectivity index (χ2v) is 7.74. The van der Waals surface area contributed by atoms with Gasteiger partial charge >= 0.3 is 0 Å². The summed E-state index contributed by atoms with van der Waals surface area (Å²) in [5.74, 6) is 1.93. The Morgan fingerprint density at radius 2 is 1.78 bits per heavy atom. The van der Waals surface area contributed by atoms with E-state index >= 15 is 0 Å². The van der Waals surface area contributed by atoms with Crippen LogP contribution in [0, 0.1) is 6.92 Å². The SMILES string of the molecule is Cc1cnc(C2CCOCC2)n1C1CCN(C2CCCCC2)C1.